The van der Waals surface area contributed by atoms with Crippen molar-refractivity contribution >= 4 is 11.4 Å². The van der Waals surface area contributed by atoms with Gasteiger partial charge < -0.3 is 4.90 Å². The summed E-state index contributed by atoms with van der Waals surface area (Å²) in [6, 6.07) is 11.8. The molecule has 1 saturated heterocycles. The van der Waals surface area contributed by atoms with Gasteiger partial charge in [0.2, 0.25) is 0 Å². The molecule has 25 heavy (non-hydrogen) atoms. The maximum Gasteiger partial charge on any atom is 0.416 e. The predicted octanol–water partition coefficient (Wildman–Crippen LogP) is 4.68. The van der Waals surface area contributed by atoms with Crippen molar-refractivity contribution in [2.24, 2.45) is 5.92 Å². The molecule has 0 saturated carbocycles. The molecule has 2 aromatic rings. The van der Waals surface area contributed by atoms with E-state index >= 15 is 0 Å². The average Bonchev–Trinajstić information content (AvgIpc) is 3.03. The maximum absolute atomic E-state index is 12.6. The Morgan fingerprint density at radius 1 is 1.08 bits per heavy atom. The number of alkyl halides is 3. The predicted molar refractivity (Wildman–Crippen MR) is 88.6 cm³/mol. The molecule has 7 heteroatoms. The molecule has 4 nitrogen and oxygen atoms in total. The van der Waals surface area contributed by atoms with Gasteiger partial charge in [-0.2, -0.15) is 13.2 Å². The van der Waals surface area contributed by atoms with Crippen molar-refractivity contribution in [3.63, 3.8) is 0 Å². The molecule has 1 unspecified atom stereocenters. The highest BCUT2D eigenvalue weighted by atomic mass is 19.4. The maximum atomic E-state index is 12.6. The van der Waals surface area contributed by atoms with Gasteiger partial charge in [-0.1, -0.05) is 12.1 Å². The lowest BCUT2D eigenvalue weighted by atomic mass is 9.98. The largest absolute Gasteiger partial charge is 0.416 e. The number of hydrogen-bond donors (Lipinski definition) is 0. The summed E-state index contributed by atoms with van der Waals surface area (Å²) in [5, 5.41) is 10.7. The third kappa shape index (κ3) is 4.10. The van der Waals surface area contributed by atoms with E-state index in [9.17, 15) is 23.3 Å². The zero-order valence-electron chi connectivity index (χ0n) is 13.4. The molecule has 3 rings (SSSR count). The van der Waals surface area contributed by atoms with Crippen LogP contribution in [0.4, 0.5) is 24.5 Å². The number of non-ortho nitro benzene ring substituents is 1. The molecule has 1 fully saturated rings. The molecule has 1 heterocycles. The second-order valence-electron chi connectivity index (χ2n) is 6.27. The van der Waals surface area contributed by atoms with E-state index in [1.54, 1.807) is 12.1 Å². The summed E-state index contributed by atoms with van der Waals surface area (Å²) in [5.74, 6) is 0.354. The molecule has 0 spiro atoms. The smallest absolute Gasteiger partial charge is 0.371 e. The van der Waals surface area contributed by atoms with E-state index in [1.165, 1.54) is 24.3 Å². The van der Waals surface area contributed by atoms with E-state index in [0.717, 1.165) is 49.3 Å². The van der Waals surface area contributed by atoms with Crippen LogP contribution >= 0.6 is 0 Å². The van der Waals surface area contributed by atoms with Crippen molar-refractivity contribution in [1.29, 1.82) is 0 Å². The summed E-state index contributed by atoms with van der Waals surface area (Å²) in [5.41, 5.74) is 1.25. The number of anilines is 1. The minimum absolute atomic E-state index is 0.0595. The molecule has 1 aliphatic heterocycles. The Morgan fingerprint density at radius 3 is 2.28 bits per heavy atom. The fraction of sp³-hybridized carbons (Fsp3) is 0.333. The van der Waals surface area contributed by atoms with Crippen molar-refractivity contribution in [2.45, 2.75) is 19.0 Å². The van der Waals surface area contributed by atoms with Crippen molar-refractivity contribution < 1.29 is 18.1 Å². The van der Waals surface area contributed by atoms with Gasteiger partial charge >= 0.3 is 6.18 Å². The van der Waals surface area contributed by atoms with E-state index in [2.05, 4.69) is 4.90 Å². The highest BCUT2D eigenvalue weighted by Crippen LogP contribution is 2.31. The van der Waals surface area contributed by atoms with Crippen LogP contribution in [0.3, 0.4) is 0 Å². The third-order valence-electron chi connectivity index (χ3n) is 4.52. The topological polar surface area (TPSA) is 46.4 Å². The monoisotopic (exact) mass is 350 g/mol. The normalized spacial score (nSPS) is 17.7. The van der Waals surface area contributed by atoms with Crippen LogP contribution in [0.2, 0.25) is 0 Å². The molecule has 0 N–H and O–H groups in total. The minimum Gasteiger partial charge on any atom is -0.371 e. The van der Waals surface area contributed by atoms with E-state index in [4.69, 9.17) is 0 Å². The lowest BCUT2D eigenvalue weighted by Gasteiger charge is -2.18. The van der Waals surface area contributed by atoms with Crippen molar-refractivity contribution in [3.8, 4) is 0 Å². The number of nitro benzene ring substituents is 1. The van der Waals surface area contributed by atoms with Crippen LogP contribution in [0.25, 0.3) is 0 Å². The molecule has 2 aromatic carbocycles. The van der Waals surface area contributed by atoms with Crippen LogP contribution in [0, 0.1) is 16.0 Å². The first-order chi connectivity index (χ1) is 11.8. The SMILES string of the molecule is O=[N+]([O-])c1ccc(N2CCC(Cc3ccc(C(F)(F)F)cc3)C2)cc1. The van der Waals surface area contributed by atoms with Crippen LogP contribution in [0.15, 0.2) is 48.5 Å². The molecule has 1 atom stereocenters. The van der Waals surface area contributed by atoms with Gasteiger partial charge in [-0.3, -0.25) is 10.1 Å². The van der Waals surface area contributed by atoms with Crippen LogP contribution in [-0.2, 0) is 12.6 Å². The summed E-state index contributed by atoms with van der Waals surface area (Å²) in [7, 11) is 0. The van der Waals surface area contributed by atoms with Gasteiger partial charge in [0.15, 0.2) is 0 Å². The summed E-state index contributed by atoms with van der Waals surface area (Å²) in [6.45, 7) is 1.63. The standard InChI is InChI=1S/C18H17F3N2O2/c19-18(20,21)15-3-1-13(2-4-15)11-14-9-10-22(12-14)16-5-7-17(8-6-16)23(24)25/h1-8,14H,9-12H2. The van der Waals surface area contributed by atoms with Crippen LogP contribution in [0.1, 0.15) is 17.5 Å². The molecule has 0 radical (unpaired) electrons. The Morgan fingerprint density at radius 2 is 1.72 bits per heavy atom. The van der Waals surface area contributed by atoms with Crippen molar-refractivity contribution in [1.82, 2.24) is 0 Å². The Labute approximate surface area is 143 Å². The fourth-order valence-electron chi connectivity index (χ4n) is 3.18. The summed E-state index contributed by atoms with van der Waals surface area (Å²) in [6.07, 6.45) is -2.64. The Kier molecular flexibility index (Phi) is 4.65. The van der Waals surface area contributed by atoms with Gasteiger partial charge in [0.25, 0.3) is 5.69 Å². The van der Waals surface area contributed by atoms with Crippen molar-refractivity contribution in [3.05, 3.63) is 69.8 Å². The first-order valence-electron chi connectivity index (χ1n) is 7.98. The van der Waals surface area contributed by atoms with E-state index in [0.29, 0.717) is 5.92 Å². The molecular formula is C18H17F3N2O2. The summed E-state index contributed by atoms with van der Waals surface area (Å²) < 4.78 is 37.8. The van der Waals surface area contributed by atoms with E-state index in [1.807, 2.05) is 0 Å². The Balaban J connectivity index is 1.60. The second-order valence-corrected chi connectivity index (χ2v) is 6.27. The van der Waals surface area contributed by atoms with Gasteiger partial charge in [-0.15, -0.1) is 0 Å². The average molecular weight is 350 g/mol. The van der Waals surface area contributed by atoms with Gasteiger partial charge in [0.05, 0.1) is 10.5 Å². The Hall–Kier alpha value is -2.57. The number of rotatable bonds is 4. The highest BCUT2D eigenvalue weighted by Gasteiger charge is 2.30. The molecule has 132 valence electrons. The molecule has 0 aliphatic carbocycles. The van der Waals surface area contributed by atoms with Crippen LogP contribution in [-0.4, -0.2) is 18.0 Å². The lowest BCUT2D eigenvalue weighted by molar-refractivity contribution is -0.384. The first kappa shape index (κ1) is 17.3. The zero-order valence-corrected chi connectivity index (χ0v) is 13.4. The number of nitrogens with zero attached hydrogens (tertiary/aromatic N) is 2. The van der Waals surface area contributed by atoms with Gasteiger partial charge in [-0.25, -0.2) is 0 Å². The lowest BCUT2D eigenvalue weighted by Crippen LogP contribution is -2.20. The summed E-state index contributed by atoms with van der Waals surface area (Å²) >= 11 is 0. The zero-order chi connectivity index (χ0) is 18.0. The molecule has 0 amide bonds. The third-order valence-corrected chi connectivity index (χ3v) is 4.52. The fourth-order valence-corrected chi connectivity index (χ4v) is 3.18. The highest BCUT2D eigenvalue weighted by molar-refractivity contribution is 5.51. The van der Waals surface area contributed by atoms with Gasteiger partial charge in [-0.05, 0) is 48.6 Å². The number of benzene rings is 2. The number of halogens is 3. The van der Waals surface area contributed by atoms with Crippen molar-refractivity contribution in [2.75, 3.05) is 18.0 Å². The number of nitro groups is 1. The number of hydrogen-bond acceptors (Lipinski definition) is 3. The van der Waals surface area contributed by atoms with Crippen LogP contribution < -0.4 is 4.90 Å². The van der Waals surface area contributed by atoms with Gasteiger partial charge in [0, 0.05) is 30.9 Å². The molecule has 0 bridgehead atoms. The summed E-state index contributed by atoms with van der Waals surface area (Å²) in [4.78, 5) is 12.4. The van der Waals surface area contributed by atoms with Crippen LogP contribution in [0.5, 0.6) is 0 Å². The minimum atomic E-state index is -4.31. The van der Waals surface area contributed by atoms with Gasteiger partial charge in [0.1, 0.15) is 0 Å². The second kappa shape index (κ2) is 6.74. The Bertz CT molecular complexity index is 742. The molecule has 0 aromatic heterocycles. The van der Waals surface area contributed by atoms with E-state index < -0.39 is 16.7 Å². The quantitative estimate of drug-likeness (QED) is 0.594. The van der Waals surface area contributed by atoms with E-state index in [-0.39, 0.29) is 5.69 Å². The first-order valence-corrected chi connectivity index (χ1v) is 7.98. The molecule has 1 aliphatic rings. The molecular weight excluding hydrogens is 333 g/mol.